The van der Waals surface area contributed by atoms with Gasteiger partial charge >= 0.3 is 0 Å². The van der Waals surface area contributed by atoms with Gasteiger partial charge in [-0.2, -0.15) is 0 Å². The molecule has 1 heterocycles. The maximum absolute atomic E-state index is 12.2. The smallest absolute Gasteiger partial charge is 0.227 e. The standard InChI is InChI=1S/C14H18N2O2S/c1-9-2-3-11(13(15)19)8-12(9)16-14(17)10-4-6-18-7-5-10/h2-3,8,10H,4-7H2,1H3,(H2,15,19)(H,16,17). The molecule has 19 heavy (non-hydrogen) atoms. The molecule has 0 spiro atoms. The van der Waals surface area contributed by atoms with E-state index in [2.05, 4.69) is 5.32 Å². The molecule has 2 rings (SSSR count). The second-order valence-electron chi connectivity index (χ2n) is 4.77. The van der Waals surface area contributed by atoms with E-state index in [0.29, 0.717) is 18.2 Å². The van der Waals surface area contributed by atoms with Crippen molar-refractivity contribution in [3.05, 3.63) is 29.3 Å². The Balaban J connectivity index is 2.11. The molecule has 0 radical (unpaired) electrons. The van der Waals surface area contributed by atoms with Crippen molar-refractivity contribution in [1.29, 1.82) is 0 Å². The normalized spacial score (nSPS) is 16.1. The molecular weight excluding hydrogens is 260 g/mol. The van der Waals surface area contributed by atoms with Gasteiger partial charge in [-0.05, 0) is 31.4 Å². The second kappa shape index (κ2) is 6.12. The van der Waals surface area contributed by atoms with Crippen LogP contribution in [0, 0.1) is 12.8 Å². The SMILES string of the molecule is Cc1ccc(C(N)=S)cc1NC(=O)C1CCOCC1. The number of nitrogens with two attached hydrogens (primary N) is 1. The van der Waals surface area contributed by atoms with E-state index >= 15 is 0 Å². The first-order chi connectivity index (χ1) is 9.08. The topological polar surface area (TPSA) is 64.3 Å². The molecule has 5 heteroatoms. The van der Waals surface area contributed by atoms with Crippen molar-refractivity contribution in [3.63, 3.8) is 0 Å². The summed E-state index contributed by atoms with van der Waals surface area (Å²) in [5, 5.41) is 2.97. The number of benzene rings is 1. The lowest BCUT2D eigenvalue weighted by molar-refractivity contribution is -0.122. The Hall–Kier alpha value is -1.46. The highest BCUT2D eigenvalue weighted by molar-refractivity contribution is 7.80. The number of hydrogen-bond acceptors (Lipinski definition) is 3. The Labute approximate surface area is 118 Å². The van der Waals surface area contributed by atoms with Crippen LogP contribution in [-0.4, -0.2) is 24.1 Å². The Morgan fingerprint density at radius 2 is 2.11 bits per heavy atom. The third kappa shape index (κ3) is 3.52. The van der Waals surface area contributed by atoms with Crippen molar-refractivity contribution in [2.45, 2.75) is 19.8 Å². The average Bonchev–Trinajstić information content (AvgIpc) is 2.42. The number of amides is 1. The fourth-order valence-corrected chi connectivity index (χ4v) is 2.23. The summed E-state index contributed by atoms with van der Waals surface area (Å²) in [5.74, 6) is 0.0770. The summed E-state index contributed by atoms with van der Waals surface area (Å²) in [5.41, 5.74) is 8.15. The molecule has 0 atom stereocenters. The van der Waals surface area contributed by atoms with Crippen molar-refractivity contribution in [3.8, 4) is 0 Å². The summed E-state index contributed by atoms with van der Waals surface area (Å²) in [6.45, 7) is 3.26. The van der Waals surface area contributed by atoms with Crippen LogP contribution >= 0.6 is 12.2 Å². The molecule has 0 aromatic heterocycles. The number of thiocarbonyl (C=S) groups is 1. The molecule has 0 bridgehead atoms. The predicted octanol–water partition coefficient (Wildman–Crippen LogP) is 1.99. The Kier molecular flexibility index (Phi) is 4.50. The average molecular weight is 278 g/mol. The van der Waals surface area contributed by atoms with Crippen LogP contribution < -0.4 is 11.1 Å². The third-order valence-corrected chi connectivity index (χ3v) is 3.61. The number of hydrogen-bond donors (Lipinski definition) is 2. The maximum atomic E-state index is 12.2. The van der Waals surface area contributed by atoms with E-state index < -0.39 is 0 Å². The minimum absolute atomic E-state index is 0.0293. The van der Waals surface area contributed by atoms with Gasteiger partial charge in [0.05, 0.1) is 0 Å². The van der Waals surface area contributed by atoms with Crippen LogP contribution in [0.4, 0.5) is 5.69 Å². The van der Waals surface area contributed by atoms with E-state index in [9.17, 15) is 4.79 Å². The minimum Gasteiger partial charge on any atom is -0.389 e. The van der Waals surface area contributed by atoms with Gasteiger partial charge in [0.15, 0.2) is 0 Å². The predicted molar refractivity (Wildman–Crippen MR) is 79.2 cm³/mol. The van der Waals surface area contributed by atoms with Gasteiger partial charge in [-0.15, -0.1) is 0 Å². The zero-order chi connectivity index (χ0) is 13.8. The molecule has 3 N–H and O–H groups in total. The number of carbonyl (C=O) groups excluding carboxylic acids is 1. The number of nitrogens with one attached hydrogen (secondary N) is 1. The molecule has 102 valence electrons. The quantitative estimate of drug-likeness (QED) is 0.830. The summed E-state index contributed by atoms with van der Waals surface area (Å²) >= 11 is 4.95. The second-order valence-corrected chi connectivity index (χ2v) is 5.21. The minimum atomic E-state index is 0.0293. The number of carbonyl (C=O) groups is 1. The summed E-state index contributed by atoms with van der Waals surface area (Å²) < 4.78 is 5.26. The van der Waals surface area contributed by atoms with Crippen LogP contribution in [0.5, 0.6) is 0 Å². The van der Waals surface area contributed by atoms with Gasteiger partial charge in [-0.1, -0.05) is 24.4 Å². The number of ether oxygens (including phenoxy) is 1. The molecule has 1 aliphatic rings. The van der Waals surface area contributed by atoms with Gasteiger partial charge in [-0.25, -0.2) is 0 Å². The molecule has 1 aliphatic heterocycles. The van der Waals surface area contributed by atoms with Crippen LogP contribution in [0.25, 0.3) is 0 Å². The number of anilines is 1. The summed E-state index contributed by atoms with van der Waals surface area (Å²) in [4.78, 5) is 12.5. The van der Waals surface area contributed by atoms with Gasteiger partial charge in [0.25, 0.3) is 0 Å². The zero-order valence-electron chi connectivity index (χ0n) is 10.9. The molecule has 0 saturated carbocycles. The molecule has 1 amide bonds. The van der Waals surface area contributed by atoms with Gasteiger partial charge in [0.1, 0.15) is 4.99 Å². The lowest BCUT2D eigenvalue weighted by atomic mass is 9.99. The fourth-order valence-electron chi connectivity index (χ4n) is 2.10. The van der Waals surface area contributed by atoms with Crippen LogP contribution in [0.2, 0.25) is 0 Å². The van der Waals surface area contributed by atoms with E-state index in [4.69, 9.17) is 22.7 Å². The summed E-state index contributed by atoms with van der Waals surface area (Å²) in [6, 6.07) is 5.60. The molecule has 0 unspecified atom stereocenters. The highest BCUT2D eigenvalue weighted by Gasteiger charge is 2.22. The van der Waals surface area contributed by atoms with E-state index in [-0.39, 0.29) is 11.8 Å². The lowest BCUT2D eigenvalue weighted by Crippen LogP contribution is -2.28. The van der Waals surface area contributed by atoms with Crippen LogP contribution in [0.1, 0.15) is 24.0 Å². The highest BCUT2D eigenvalue weighted by atomic mass is 32.1. The zero-order valence-corrected chi connectivity index (χ0v) is 11.8. The summed E-state index contributed by atoms with van der Waals surface area (Å²) in [7, 11) is 0. The van der Waals surface area contributed by atoms with E-state index in [1.54, 1.807) is 0 Å². The molecule has 1 saturated heterocycles. The Bertz CT molecular complexity index is 496. The van der Waals surface area contributed by atoms with Crippen LogP contribution in [-0.2, 0) is 9.53 Å². The van der Waals surface area contributed by atoms with Crippen molar-refractivity contribution in [2.75, 3.05) is 18.5 Å². The highest BCUT2D eigenvalue weighted by Crippen LogP contribution is 2.21. The molecule has 1 aromatic carbocycles. The van der Waals surface area contributed by atoms with Crippen molar-refractivity contribution >= 4 is 28.8 Å². The van der Waals surface area contributed by atoms with Gasteiger partial charge in [0.2, 0.25) is 5.91 Å². The Morgan fingerprint density at radius 1 is 1.42 bits per heavy atom. The number of aryl methyl sites for hydroxylation is 1. The van der Waals surface area contributed by atoms with Crippen molar-refractivity contribution in [1.82, 2.24) is 0 Å². The van der Waals surface area contributed by atoms with Gasteiger partial charge in [0, 0.05) is 30.4 Å². The first-order valence-corrected chi connectivity index (χ1v) is 6.78. The van der Waals surface area contributed by atoms with Crippen LogP contribution in [0.15, 0.2) is 18.2 Å². The molecule has 0 aliphatic carbocycles. The lowest BCUT2D eigenvalue weighted by Gasteiger charge is -2.21. The maximum Gasteiger partial charge on any atom is 0.227 e. The first kappa shape index (κ1) is 14.0. The monoisotopic (exact) mass is 278 g/mol. The fraction of sp³-hybridized carbons (Fsp3) is 0.429. The van der Waals surface area contributed by atoms with Crippen molar-refractivity contribution < 1.29 is 9.53 Å². The van der Waals surface area contributed by atoms with Crippen LogP contribution in [0.3, 0.4) is 0 Å². The van der Waals surface area contributed by atoms with E-state index in [0.717, 1.165) is 29.7 Å². The Morgan fingerprint density at radius 3 is 2.74 bits per heavy atom. The van der Waals surface area contributed by atoms with E-state index in [1.165, 1.54) is 0 Å². The van der Waals surface area contributed by atoms with Gasteiger partial charge < -0.3 is 15.8 Å². The molecular formula is C14H18N2O2S. The number of rotatable bonds is 3. The van der Waals surface area contributed by atoms with E-state index in [1.807, 2.05) is 25.1 Å². The molecule has 1 fully saturated rings. The summed E-state index contributed by atoms with van der Waals surface area (Å²) in [6.07, 6.45) is 1.56. The largest absolute Gasteiger partial charge is 0.389 e. The van der Waals surface area contributed by atoms with Gasteiger partial charge in [-0.3, -0.25) is 4.79 Å². The molecule has 4 nitrogen and oxygen atoms in total. The molecule has 1 aromatic rings. The van der Waals surface area contributed by atoms with Crippen molar-refractivity contribution in [2.24, 2.45) is 11.7 Å². The third-order valence-electron chi connectivity index (χ3n) is 3.37. The first-order valence-electron chi connectivity index (χ1n) is 6.37.